The molecular weight excluding hydrogens is 284 g/mol. The first-order chi connectivity index (χ1) is 9.56. The summed E-state index contributed by atoms with van der Waals surface area (Å²) in [5.41, 5.74) is 0.421. The van der Waals surface area contributed by atoms with Crippen LogP contribution in [0.5, 0.6) is 0 Å². The Kier molecular flexibility index (Phi) is 4.31. The van der Waals surface area contributed by atoms with Crippen LogP contribution in [-0.2, 0) is 16.1 Å². The van der Waals surface area contributed by atoms with Gasteiger partial charge in [0, 0.05) is 16.9 Å². The van der Waals surface area contributed by atoms with Gasteiger partial charge in [0.05, 0.1) is 6.20 Å². The molecule has 2 aromatic rings. The van der Waals surface area contributed by atoms with E-state index >= 15 is 0 Å². The smallest absolute Gasteiger partial charge is 0.323 e. The molecule has 0 aliphatic heterocycles. The number of hydrogen-bond donors (Lipinski definition) is 1. The summed E-state index contributed by atoms with van der Waals surface area (Å²) in [6.45, 7) is -0.548. The first-order valence-corrected chi connectivity index (χ1v) is 6.06. The summed E-state index contributed by atoms with van der Waals surface area (Å²) in [6.07, 6.45) is 2.96. The second-order valence-electron chi connectivity index (χ2n) is 3.95. The average molecular weight is 295 g/mol. The quantitative estimate of drug-likeness (QED) is 0.890. The standard InChI is InChI=1S/C12H11ClN4O3/c13-9-2-1-3-10(6-9)17(8-12(19)20)11(18)7-16-5-4-14-15-16/h1-6H,7-8H2,(H,19,20). The van der Waals surface area contributed by atoms with Crippen molar-refractivity contribution in [2.45, 2.75) is 6.54 Å². The number of nitrogens with zero attached hydrogens (tertiary/aromatic N) is 4. The van der Waals surface area contributed by atoms with Crippen LogP contribution in [0.25, 0.3) is 0 Å². The van der Waals surface area contributed by atoms with Crippen LogP contribution in [0.4, 0.5) is 5.69 Å². The van der Waals surface area contributed by atoms with E-state index in [1.165, 1.54) is 23.1 Å². The van der Waals surface area contributed by atoms with E-state index in [4.69, 9.17) is 16.7 Å². The lowest BCUT2D eigenvalue weighted by molar-refractivity contribution is -0.136. The van der Waals surface area contributed by atoms with Crippen LogP contribution in [0.2, 0.25) is 5.02 Å². The fourth-order valence-corrected chi connectivity index (χ4v) is 1.83. The zero-order valence-corrected chi connectivity index (χ0v) is 11.1. The number of anilines is 1. The predicted molar refractivity (Wildman–Crippen MR) is 71.5 cm³/mol. The molecule has 0 radical (unpaired) electrons. The molecule has 0 saturated carbocycles. The highest BCUT2D eigenvalue weighted by molar-refractivity contribution is 6.30. The first-order valence-electron chi connectivity index (χ1n) is 5.68. The lowest BCUT2D eigenvalue weighted by Gasteiger charge is -2.20. The number of amides is 1. The van der Waals surface area contributed by atoms with Gasteiger partial charge in [-0.3, -0.25) is 14.5 Å². The van der Waals surface area contributed by atoms with E-state index in [2.05, 4.69) is 10.3 Å². The Morgan fingerprint density at radius 2 is 2.20 bits per heavy atom. The Balaban J connectivity index is 2.22. The highest BCUT2D eigenvalue weighted by Crippen LogP contribution is 2.19. The summed E-state index contributed by atoms with van der Waals surface area (Å²) in [5, 5.41) is 16.6. The molecule has 1 aromatic heterocycles. The molecule has 0 saturated heterocycles. The molecule has 0 fully saturated rings. The van der Waals surface area contributed by atoms with Crippen molar-refractivity contribution in [2.75, 3.05) is 11.4 Å². The van der Waals surface area contributed by atoms with Crippen LogP contribution >= 0.6 is 11.6 Å². The Labute approximate surface area is 119 Å². The van der Waals surface area contributed by atoms with E-state index in [1.807, 2.05) is 0 Å². The van der Waals surface area contributed by atoms with Crippen molar-refractivity contribution in [3.63, 3.8) is 0 Å². The zero-order chi connectivity index (χ0) is 14.5. The summed E-state index contributed by atoms with van der Waals surface area (Å²) >= 11 is 5.86. The molecule has 0 spiro atoms. The first kappa shape index (κ1) is 14.0. The third kappa shape index (κ3) is 3.55. The molecule has 1 heterocycles. The summed E-state index contributed by atoms with van der Waals surface area (Å²) in [6, 6.07) is 6.44. The van der Waals surface area contributed by atoms with E-state index < -0.39 is 18.4 Å². The van der Waals surface area contributed by atoms with E-state index in [0.29, 0.717) is 10.7 Å². The van der Waals surface area contributed by atoms with Gasteiger partial charge in [-0.05, 0) is 18.2 Å². The third-order valence-electron chi connectivity index (χ3n) is 2.48. The summed E-state index contributed by atoms with van der Waals surface area (Å²) < 4.78 is 1.32. The number of carbonyl (C=O) groups excluding carboxylic acids is 1. The van der Waals surface area contributed by atoms with Crippen LogP contribution in [0.15, 0.2) is 36.7 Å². The molecule has 0 aliphatic carbocycles. The van der Waals surface area contributed by atoms with Crippen LogP contribution < -0.4 is 4.90 Å². The van der Waals surface area contributed by atoms with E-state index in [0.717, 1.165) is 4.90 Å². The highest BCUT2D eigenvalue weighted by Gasteiger charge is 2.19. The third-order valence-corrected chi connectivity index (χ3v) is 2.72. The van der Waals surface area contributed by atoms with Crippen LogP contribution in [0, 0.1) is 0 Å². The number of aliphatic carboxylic acids is 1. The van der Waals surface area contributed by atoms with E-state index in [1.54, 1.807) is 18.2 Å². The topological polar surface area (TPSA) is 88.3 Å². The van der Waals surface area contributed by atoms with Crippen molar-refractivity contribution in [3.05, 3.63) is 41.7 Å². The summed E-state index contributed by atoms with van der Waals surface area (Å²) in [7, 11) is 0. The van der Waals surface area contributed by atoms with Crippen molar-refractivity contribution in [3.8, 4) is 0 Å². The van der Waals surface area contributed by atoms with Crippen molar-refractivity contribution in [1.82, 2.24) is 15.0 Å². The van der Waals surface area contributed by atoms with E-state index in [9.17, 15) is 9.59 Å². The minimum absolute atomic E-state index is 0.0974. The molecule has 1 aromatic carbocycles. The molecule has 1 amide bonds. The van der Waals surface area contributed by atoms with Crippen molar-refractivity contribution in [2.24, 2.45) is 0 Å². The van der Waals surface area contributed by atoms with Crippen molar-refractivity contribution >= 4 is 29.2 Å². The Morgan fingerprint density at radius 3 is 2.80 bits per heavy atom. The van der Waals surface area contributed by atoms with Gasteiger partial charge in [0.15, 0.2) is 0 Å². The summed E-state index contributed by atoms with van der Waals surface area (Å²) in [5.74, 6) is -1.53. The second-order valence-corrected chi connectivity index (χ2v) is 4.39. The van der Waals surface area contributed by atoms with Crippen LogP contribution in [0.3, 0.4) is 0 Å². The van der Waals surface area contributed by atoms with Gasteiger partial charge in [0.1, 0.15) is 13.1 Å². The van der Waals surface area contributed by atoms with Crippen molar-refractivity contribution < 1.29 is 14.7 Å². The number of benzene rings is 1. The maximum Gasteiger partial charge on any atom is 0.323 e. The van der Waals surface area contributed by atoms with Crippen molar-refractivity contribution in [1.29, 1.82) is 0 Å². The van der Waals surface area contributed by atoms with Crippen LogP contribution in [0.1, 0.15) is 0 Å². The van der Waals surface area contributed by atoms with Gasteiger partial charge < -0.3 is 5.11 Å². The molecule has 20 heavy (non-hydrogen) atoms. The van der Waals surface area contributed by atoms with Gasteiger partial charge in [-0.15, -0.1) is 5.10 Å². The Morgan fingerprint density at radius 1 is 1.40 bits per heavy atom. The monoisotopic (exact) mass is 294 g/mol. The number of carboxylic acid groups (broad SMARTS) is 1. The molecule has 7 nitrogen and oxygen atoms in total. The average Bonchev–Trinajstić information content (AvgIpc) is 2.88. The Bertz CT molecular complexity index is 615. The molecule has 104 valence electrons. The second kappa shape index (κ2) is 6.16. The van der Waals surface area contributed by atoms with Gasteiger partial charge in [-0.1, -0.05) is 22.9 Å². The van der Waals surface area contributed by atoms with Gasteiger partial charge in [-0.25, -0.2) is 4.68 Å². The molecule has 2 rings (SSSR count). The number of aromatic nitrogens is 3. The fourth-order valence-electron chi connectivity index (χ4n) is 1.64. The molecule has 8 heteroatoms. The highest BCUT2D eigenvalue weighted by atomic mass is 35.5. The SMILES string of the molecule is O=C(O)CN(C(=O)Cn1ccnn1)c1cccc(Cl)c1. The zero-order valence-electron chi connectivity index (χ0n) is 10.3. The molecule has 0 aliphatic rings. The van der Waals surface area contributed by atoms with E-state index in [-0.39, 0.29) is 6.54 Å². The Hall–Kier alpha value is -2.41. The molecule has 0 atom stereocenters. The molecule has 0 unspecified atom stereocenters. The summed E-state index contributed by atoms with van der Waals surface area (Å²) in [4.78, 5) is 24.2. The maximum atomic E-state index is 12.2. The fraction of sp³-hybridized carbons (Fsp3) is 0.167. The number of hydrogen-bond acceptors (Lipinski definition) is 4. The normalized spacial score (nSPS) is 10.2. The maximum absolute atomic E-state index is 12.2. The van der Waals surface area contributed by atoms with Gasteiger partial charge in [0.25, 0.3) is 0 Å². The number of carboxylic acids is 1. The minimum atomic E-state index is -1.11. The number of rotatable bonds is 5. The predicted octanol–water partition coefficient (Wildman–Crippen LogP) is 1.05. The molecule has 0 bridgehead atoms. The number of halogens is 1. The lowest BCUT2D eigenvalue weighted by Crippen LogP contribution is -2.38. The molecule has 1 N–H and O–H groups in total. The number of carbonyl (C=O) groups is 2. The van der Waals surface area contributed by atoms with Gasteiger partial charge in [0.2, 0.25) is 5.91 Å². The van der Waals surface area contributed by atoms with Gasteiger partial charge >= 0.3 is 5.97 Å². The van der Waals surface area contributed by atoms with Crippen LogP contribution in [-0.4, -0.2) is 38.5 Å². The lowest BCUT2D eigenvalue weighted by atomic mass is 10.2. The van der Waals surface area contributed by atoms with Gasteiger partial charge in [-0.2, -0.15) is 0 Å². The largest absolute Gasteiger partial charge is 0.480 e. The minimum Gasteiger partial charge on any atom is -0.480 e. The molecular formula is C12H11ClN4O3.